The summed E-state index contributed by atoms with van der Waals surface area (Å²) in [6.07, 6.45) is 0. The fourth-order valence-electron chi connectivity index (χ4n) is 2.58. The van der Waals surface area contributed by atoms with E-state index in [0.717, 1.165) is 22.4 Å². The zero-order valence-corrected chi connectivity index (χ0v) is 14.1. The van der Waals surface area contributed by atoms with Crippen molar-refractivity contribution >= 4 is 23.3 Å². The summed E-state index contributed by atoms with van der Waals surface area (Å²) in [5, 5.41) is 9.50. The van der Waals surface area contributed by atoms with E-state index < -0.39 is 5.97 Å². The summed E-state index contributed by atoms with van der Waals surface area (Å²) in [6, 6.07) is 22.7. The van der Waals surface area contributed by atoms with E-state index in [2.05, 4.69) is 10.9 Å². The van der Waals surface area contributed by atoms with Gasteiger partial charge in [-0.15, -0.1) is 0 Å². The van der Waals surface area contributed by atoms with Gasteiger partial charge in [-0.1, -0.05) is 60.1 Å². The highest BCUT2D eigenvalue weighted by Gasteiger charge is 2.12. The maximum atomic E-state index is 11.3. The first-order valence-corrected chi connectivity index (χ1v) is 8.18. The molecule has 3 rings (SSSR count). The number of benzene rings is 3. The lowest BCUT2D eigenvalue weighted by molar-refractivity contribution is 0.0697. The summed E-state index contributed by atoms with van der Waals surface area (Å²) in [6.45, 7) is 0.579. The Morgan fingerprint density at radius 1 is 0.960 bits per heavy atom. The van der Waals surface area contributed by atoms with Crippen molar-refractivity contribution in [1.29, 1.82) is 0 Å². The van der Waals surface area contributed by atoms with E-state index in [0.29, 0.717) is 6.54 Å². The van der Waals surface area contributed by atoms with Crippen molar-refractivity contribution in [2.24, 2.45) is 0 Å². The van der Waals surface area contributed by atoms with E-state index in [1.165, 1.54) is 0 Å². The van der Waals surface area contributed by atoms with E-state index in [1.807, 2.05) is 60.7 Å². The van der Waals surface area contributed by atoms with Crippen LogP contribution in [0.3, 0.4) is 0 Å². The van der Waals surface area contributed by atoms with Crippen LogP contribution >= 0.6 is 11.6 Å². The second-order valence-electron chi connectivity index (χ2n) is 5.50. The van der Waals surface area contributed by atoms with Crippen LogP contribution < -0.4 is 10.9 Å². The number of hydrogen-bond acceptors (Lipinski definition) is 3. The predicted octanol–water partition coefficient (Wildman–Crippen LogP) is 4.82. The van der Waals surface area contributed by atoms with Crippen molar-refractivity contribution in [3.63, 3.8) is 0 Å². The van der Waals surface area contributed by atoms with Crippen molar-refractivity contribution in [2.75, 3.05) is 5.43 Å². The Hall–Kier alpha value is -2.82. The number of aromatic carboxylic acids is 1. The molecule has 0 bridgehead atoms. The van der Waals surface area contributed by atoms with E-state index in [-0.39, 0.29) is 10.6 Å². The van der Waals surface area contributed by atoms with Gasteiger partial charge >= 0.3 is 5.97 Å². The Kier molecular flexibility index (Phi) is 5.33. The van der Waals surface area contributed by atoms with Gasteiger partial charge in [0.15, 0.2) is 0 Å². The van der Waals surface area contributed by atoms with Gasteiger partial charge in [-0.3, -0.25) is 0 Å². The maximum absolute atomic E-state index is 11.3. The molecule has 3 aromatic carbocycles. The molecule has 0 fully saturated rings. The topological polar surface area (TPSA) is 61.4 Å². The average molecular weight is 353 g/mol. The first-order valence-electron chi connectivity index (χ1n) is 7.80. The molecule has 0 amide bonds. The Labute approximate surface area is 151 Å². The lowest BCUT2D eigenvalue weighted by Crippen LogP contribution is -2.21. The van der Waals surface area contributed by atoms with Gasteiger partial charge in [0.1, 0.15) is 0 Å². The van der Waals surface area contributed by atoms with Gasteiger partial charge in [-0.05, 0) is 41.0 Å². The molecule has 0 aliphatic rings. The van der Waals surface area contributed by atoms with Gasteiger partial charge in [-0.25, -0.2) is 10.2 Å². The van der Waals surface area contributed by atoms with Crippen LogP contribution in [0.1, 0.15) is 15.9 Å². The van der Waals surface area contributed by atoms with Crippen molar-refractivity contribution < 1.29 is 9.90 Å². The van der Waals surface area contributed by atoms with Crippen LogP contribution in [-0.2, 0) is 6.54 Å². The lowest BCUT2D eigenvalue weighted by atomic mass is 9.98. The van der Waals surface area contributed by atoms with Crippen molar-refractivity contribution in [3.8, 4) is 11.1 Å². The summed E-state index contributed by atoms with van der Waals surface area (Å²) >= 11 is 5.97. The molecule has 3 aromatic rings. The molecule has 0 aliphatic carbocycles. The Bertz CT molecular complexity index is 882. The van der Waals surface area contributed by atoms with Gasteiger partial charge in [0, 0.05) is 12.2 Å². The summed E-state index contributed by atoms with van der Waals surface area (Å²) in [5.41, 5.74) is 10.2. The molecule has 5 heteroatoms. The third-order valence-corrected chi connectivity index (χ3v) is 4.14. The number of para-hydroxylation sites is 1. The van der Waals surface area contributed by atoms with Crippen LogP contribution in [0.25, 0.3) is 11.1 Å². The SMILES string of the molecule is O=C(O)c1cc(-c2ccccc2CNNc2ccccc2)ccc1Cl. The van der Waals surface area contributed by atoms with Crippen LogP contribution in [0.4, 0.5) is 5.69 Å². The van der Waals surface area contributed by atoms with Crippen molar-refractivity contribution in [2.45, 2.75) is 6.54 Å². The first kappa shape index (κ1) is 17.0. The van der Waals surface area contributed by atoms with Crippen LogP contribution in [0.5, 0.6) is 0 Å². The van der Waals surface area contributed by atoms with E-state index >= 15 is 0 Å². The molecule has 126 valence electrons. The Morgan fingerprint density at radius 2 is 1.68 bits per heavy atom. The fraction of sp³-hybridized carbons (Fsp3) is 0.0500. The largest absolute Gasteiger partial charge is 0.478 e. The standard InChI is InChI=1S/C20H17ClN2O2/c21-19-11-10-14(12-18(19)20(24)25)17-9-5-4-6-15(17)13-22-23-16-7-2-1-3-8-16/h1-12,22-23H,13H2,(H,24,25). The number of hydrazine groups is 1. The van der Waals surface area contributed by atoms with Crippen LogP contribution in [0, 0.1) is 0 Å². The van der Waals surface area contributed by atoms with Crippen LogP contribution in [0.15, 0.2) is 72.8 Å². The number of halogens is 1. The Balaban J connectivity index is 1.81. The minimum Gasteiger partial charge on any atom is -0.478 e. The molecule has 3 N–H and O–H groups in total. The van der Waals surface area contributed by atoms with Crippen molar-refractivity contribution in [3.05, 3.63) is 88.9 Å². The quantitative estimate of drug-likeness (QED) is 0.556. The van der Waals surface area contributed by atoms with Crippen molar-refractivity contribution in [1.82, 2.24) is 5.43 Å². The molecule has 0 radical (unpaired) electrons. The van der Waals surface area contributed by atoms with E-state index in [1.54, 1.807) is 12.1 Å². The minimum atomic E-state index is -1.03. The molecule has 0 unspecified atom stereocenters. The summed E-state index contributed by atoms with van der Waals surface area (Å²) in [5.74, 6) is -1.03. The van der Waals surface area contributed by atoms with Crippen LogP contribution in [-0.4, -0.2) is 11.1 Å². The number of anilines is 1. The third-order valence-electron chi connectivity index (χ3n) is 3.81. The maximum Gasteiger partial charge on any atom is 0.337 e. The molecule has 0 atom stereocenters. The molecule has 0 aromatic heterocycles. The molecule has 4 nitrogen and oxygen atoms in total. The van der Waals surface area contributed by atoms with Gasteiger partial charge in [0.25, 0.3) is 0 Å². The second-order valence-corrected chi connectivity index (χ2v) is 5.91. The Morgan fingerprint density at radius 3 is 2.44 bits per heavy atom. The smallest absolute Gasteiger partial charge is 0.337 e. The van der Waals surface area contributed by atoms with E-state index in [9.17, 15) is 9.90 Å². The highest BCUT2D eigenvalue weighted by atomic mass is 35.5. The zero-order valence-electron chi connectivity index (χ0n) is 13.4. The zero-order chi connectivity index (χ0) is 17.6. The van der Waals surface area contributed by atoms with E-state index in [4.69, 9.17) is 11.6 Å². The molecule has 0 saturated heterocycles. The average Bonchev–Trinajstić information content (AvgIpc) is 2.63. The highest BCUT2D eigenvalue weighted by molar-refractivity contribution is 6.33. The van der Waals surface area contributed by atoms with Gasteiger partial charge < -0.3 is 10.5 Å². The molecular weight excluding hydrogens is 336 g/mol. The molecule has 0 aliphatic heterocycles. The summed E-state index contributed by atoms with van der Waals surface area (Å²) < 4.78 is 0. The molecule has 0 heterocycles. The lowest BCUT2D eigenvalue weighted by Gasteiger charge is -2.13. The summed E-state index contributed by atoms with van der Waals surface area (Å²) in [4.78, 5) is 11.3. The van der Waals surface area contributed by atoms with Gasteiger partial charge in [0.05, 0.1) is 10.6 Å². The fourth-order valence-corrected chi connectivity index (χ4v) is 2.77. The number of nitrogens with one attached hydrogen (secondary N) is 2. The number of hydrogen-bond donors (Lipinski definition) is 3. The number of carboxylic acids is 1. The number of rotatable bonds is 6. The molecule has 0 spiro atoms. The predicted molar refractivity (Wildman–Crippen MR) is 101 cm³/mol. The van der Waals surface area contributed by atoms with Gasteiger partial charge in [0.2, 0.25) is 0 Å². The second kappa shape index (κ2) is 7.83. The minimum absolute atomic E-state index is 0.101. The monoisotopic (exact) mass is 352 g/mol. The van der Waals surface area contributed by atoms with Crippen LogP contribution in [0.2, 0.25) is 5.02 Å². The summed E-state index contributed by atoms with van der Waals surface area (Å²) in [7, 11) is 0. The molecule has 25 heavy (non-hydrogen) atoms. The number of carbonyl (C=O) groups is 1. The normalized spacial score (nSPS) is 10.4. The number of carboxylic acid groups (broad SMARTS) is 1. The third kappa shape index (κ3) is 4.18. The highest BCUT2D eigenvalue weighted by Crippen LogP contribution is 2.28. The first-order chi connectivity index (χ1) is 12.1. The van der Waals surface area contributed by atoms with Gasteiger partial charge in [-0.2, -0.15) is 0 Å². The molecular formula is C20H17ClN2O2. The molecule has 0 saturated carbocycles.